The maximum absolute atomic E-state index is 13.0. The summed E-state index contributed by atoms with van der Waals surface area (Å²) in [7, 11) is 0. The highest BCUT2D eigenvalue weighted by molar-refractivity contribution is 5.72. The first-order valence-corrected chi connectivity index (χ1v) is 11.0. The van der Waals surface area contributed by atoms with Gasteiger partial charge in [0.25, 0.3) is 0 Å². The third-order valence-corrected chi connectivity index (χ3v) is 4.75. The minimum absolute atomic E-state index is 0.170. The van der Waals surface area contributed by atoms with E-state index in [9.17, 15) is 40.3 Å². The number of halogens is 7. The Morgan fingerprint density at radius 1 is 0.625 bits per heavy atom. The van der Waals surface area contributed by atoms with Crippen LogP contribution in [0.15, 0.2) is 0 Å². The molecule has 0 amide bonds. The highest BCUT2D eigenvalue weighted by Crippen LogP contribution is 2.46. The molecule has 0 saturated carbocycles. The highest BCUT2D eigenvalue weighted by atomic mass is 19.4. The topological polar surface area (TPSA) is 52.6 Å². The number of hydrogen-bond donors (Lipinski definition) is 0. The third kappa shape index (κ3) is 12.5. The number of esters is 2. The van der Waals surface area contributed by atoms with Crippen LogP contribution >= 0.6 is 0 Å². The minimum Gasteiger partial charge on any atom is -0.466 e. The van der Waals surface area contributed by atoms with Crippen molar-refractivity contribution < 1.29 is 49.8 Å². The summed E-state index contributed by atoms with van der Waals surface area (Å²) in [4.78, 5) is 22.8. The zero-order chi connectivity index (χ0) is 24.7. The molecule has 0 aliphatic rings. The van der Waals surface area contributed by atoms with Crippen molar-refractivity contribution in [2.75, 3.05) is 13.2 Å². The van der Waals surface area contributed by atoms with E-state index in [1.165, 1.54) is 38.5 Å². The molecule has 4 nitrogen and oxygen atoms in total. The van der Waals surface area contributed by atoms with Gasteiger partial charge in [0, 0.05) is 12.8 Å². The van der Waals surface area contributed by atoms with Gasteiger partial charge in [0.2, 0.25) is 0 Å². The van der Waals surface area contributed by atoms with E-state index in [0.717, 1.165) is 19.3 Å². The van der Waals surface area contributed by atoms with Crippen molar-refractivity contribution in [3.8, 4) is 0 Å². The fraction of sp³-hybridized carbons (Fsp3) is 0.905. The van der Waals surface area contributed by atoms with Gasteiger partial charge in [-0.3, -0.25) is 9.59 Å². The summed E-state index contributed by atoms with van der Waals surface area (Å²) in [5, 5.41) is 0. The summed E-state index contributed by atoms with van der Waals surface area (Å²) in [6, 6.07) is 0. The van der Waals surface area contributed by atoms with Crippen LogP contribution < -0.4 is 0 Å². The smallest absolute Gasteiger partial charge is 0.460 e. The molecule has 0 aliphatic heterocycles. The maximum atomic E-state index is 13.0. The van der Waals surface area contributed by atoms with Crippen molar-refractivity contribution in [3.05, 3.63) is 0 Å². The molecule has 0 atom stereocenters. The molecule has 0 rings (SSSR count). The van der Waals surface area contributed by atoms with Crippen molar-refractivity contribution in [3.63, 3.8) is 0 Å². The van der Waals surface area contributed by atoms with Crippen LogP contribution in [0.2, 0.25) is 0 Å². The van der Waals surface area contributed by atoms with Crippen molar-refractivity contribution >= 4 is 11.9 Å². The molecule has 0 saturated heterocycles. The third-order valence-electron chi connectivity index (χ3n) is 4.75. The first kappa shape index (κ1) is 30.4. The molecular formula is C21H33F7O4. The minimum atomic E-state index is -6.49. The van der Waals surface area contributed by atoms with Gasteiger partial charge in [-0.1, -0.05) is 64.7 Å². The fourth-order valence-corrected chi connectivity index (χ4v) is 2.77. The summed E-state index contributed by atoms with van der Waals surface area (Å²) >= 11 is 0. The summed E-state index contributed by atoms with van der Waals surface area (Å²) in [6.45, 7) is -0.0391. The molecule has 0 aromatic rings. The predicted molar refractivity (Wildman–Crippen MR) is 104 cm³/mol. The van der Waals surface area contributed by atoms with Gasteiger partial charge in [-0.2, -0.15) is 30.7 Å². The SMILES string of the molecule is CCCCCCCCCCCCOC(=O)CCCC(=O)OCC(F)(F)C(F)(F)C(F)(F)F. The van der Waals surface area contributed by atoms with Crippen LogP contribution in [0.1, 0.15) is 90.4 Å². The van der Waals surface area contributed by atoms with E-state index < -0.39 is 43.0 Å². The van der Waals surface area contributed by atoms with Gasteiger partial charge in [0.05, 0.1) is 6.61 Å². The van der Waals surface area contributed by atoms with Crippen molar-refractivity contribution in [2.24, 2.45) is 0 Å². The van der Waals surface area contributed by atoms with Crippen LogP contribution in [0.5, 0.6) is 0 Å². The van der Waals surface area contributed by atoms with E-state index in [2.05, 4.69) is 11.7 Å². The van der Waals surface area contributed by atoms with Gasteiger partial charge in [0.15, 0.2) is 6.61 Å². The van der Waals surface area contributed by atoms with Gasteiger partial charge in [-0.25, -0.2) is 0 Å². The molecule has 190 valence electrons. The van der Waals surface area contributed by atoms with E-state index in [4.69, 9.17) is 4.74 Å². The molecule has 0 spiro atoms. The molecule has 0 N–H and O–H groups in total. The van der Waals surface area contributed by atoms with E-state index >= 15 is 0 Å². The Balaban J connectivity index is 3.79. The van der Waals surface area contributed by atoms with E-state index in [-0.39, 0.29) is 19.4 Å². The predicted octanol–water partition coefficient (Wildman–Crippen LogP) is 7.00. The van der Waals surface area contributed by atoms with Crippen molar-refractivity contribution in [1.29, 1.82) is 0 Å². The standard InChI is InChI=1S/C21H33F7O4/c1-2-3-4-5-6-7-8-9-10-11-15-31-17(29)13-12-14-18(30)32-16-19(22,23)20(24,25)21(26,27)28/h2-16H2,1H3. The first-order valence-electron chi connectivity index (χ1n) is 11.0. The van der Waals surface area contributed by atoms with E-state index in [1.807, 2.05) is 0 Å². The van der Waals surface area contributed by atoms with Crippen molar-refractivity contribution in [2.45, 2.75) is 108 Å². The number of carbonyl (C=O) groups excluding carboxylic acids is 2. The lowest BCUT2D eigenvalue weighted by Gasteiger charge is -2.27. The van der Waals surface area contributed by atoms with E-state index in [0.29, 0.717) is 6.42 Å². The molecule has 0 bridgehead atoms. The Labute approximate surface area is 184 Å². The lowest BCUT2D eigenvalue weighted by Crippen LogP contribution is -2.54. The first-order chi connectivity index (χ1) is 14.8. The van der Waals surface area contributed by atoms with E-state index in [1.54, 1.807) is 0 Å². The quantitative estimate of drug-likeness (QED) is 0.120. The van der Waals surface area contributed by atoms with Crippen LogP contribution in [-0.2, 0) is 19.1 Å². The monoisotopic (exact) mass is 482 g/mol. The Hall–Kier alpha value is -1.55. The summed E-state index contributed by atoms with van der Waals surface area (Å²) < 4.78 is 96.1. The normalized spacial score (nSPS) is 12.6. The van der Waals surface area contributed by atoms with Crippen molar-refractivity contribution in [1.82, 2.24) is 0 Å². The fourth-order valence-electron chi connectivity index (χ4n) is 2.77. The van der Waals surface area contributed by atoms with Gasteiger partial charge in [0.1, 0.15) is 0 Å². The highest BCUT2D eigenvalue weighted by Gasteiger charge is 2.73. The molecule has 0 aromatic carbocycles. The molecule has 0 aromatic heterocycles. The zero-order valence-electron chi connectivity index (χ0n) is 18.4. The largest absolute Gasteiger partial charge is 0.466 e. The summed E-state index contributed by atoms with van der Waals surface area (Å²) in [6.07, 6.45) is 3.67. The Morgan fingerprint density at radius 2 is 1.06 bits per heavy atom. The molecule has 0 heterocycles. The number of alkyl halides is 7. The second kappa shape index (κ2) is 15.3. The summed E-state index contributed by atoms with van der Waals surface area (Å²) in [5.41, 5.74) is 0. The number of rotatable bonds is 18. The maximum Gasteiger partial charge on any atom is 0.460 e. The van der Waals surface area contributed by atoms with Crippen LogP contribution in [0.4, 0.5) is 30.7 Å². The molecule has 32 heavy (non-hydrogen) atoms. The van der Waals surface area contributed by atoms with Gasteiger partial charge in [-0.15, -0.1) is 0 Å². The lowest BCUT2D eigenvalue weighted by molar-refractivity contribution is -0.359. The Morgan fingerprint density at radius 3 is 1.53 bits per heavy atom. The molecule has 0 aliphatic carbocycles. The molecule has 11 heteroatoms. The molecule has 0 radical (unpaired) electrons. The second-order valence-electron chi connectivity index (χ2n) is 7.69. The van der Waals surface area contributed by atoms with Gasteiger partial charge >= 0.3 is 30.0 Å². The van der Waals surface area contributed by atoms with Gasteiger partial charge < -0.3 is 9.47 Å². The molecule has 0 unspecified atom stereocenters. The Kier molecular flexibility index (Phi) is 14.6. The van der Waals surface area contributed by atoms with Crippen LogP contribution in [0, 0.1) is 0 Å². The second-order valence-corrected chi connectivity index (χ2v) is 7.69. The number of ether oxygens (including phenoxy) is 2. The number of unbranched alkanes of at least 4 members (excludes halogenated alkanes) is 9. The van der Waals surface area contributed by atoms with Gasteiger partial charge in [-0.05, 0) is 12.8 Å². The summed E-state index contributed by atoms with van der Waals surface area (Å²) in [5.74, 6) is -14.0. The average molecular weight is 482 g/mol. The molecule has 0 fully saturated rings. The lowest BCUT2D eigenvalue weighted by atomic mass is 10.1. The van der Waals surface area contributed by atoms with Crippen LogP contribution in [-0.4, -0.2) is 43.2 Å². The average Bonchev–Trinajstić information content (AvgIpc) is 2.69. The zero-order valence-corrected chi connectivity index (χ0v) is 18.4. The number of carbonyl (C=O) groups is 2. The number of hydrogen-bond acceptors (Lipinski definition) is 4. The van der Waals surface area contributed by atoms with Crippen LogP contribution in [0.3, 0.4) is 0 Å². The molecular weight excluding hydrogens is 449 g/mol. The van der Waals surface area contributed by atoms with Crippen LogP contribution in [0.25, 0.3) is 0 Å². The Bertz CT molecular complexity index is 537.